The summed E-state index contributed by atoms with van der Waals surface area (Å²) in [5, 5.41) is 5.56. The molecule has 8 heteroatoms. The largest absolute Gasteiger partial charge is 0.243 e. The van der Waals surface area contributed by atoms with Crippen molar-refractivity contribution < 1.29 is 0 Å². The molecule has 0 spiro atoms. The second-order valence-corrected chi connectivity index (χ2v) is 5.65. The molecule has 3 heterocycles. The summed E-state index contributed by atoms with van der Waals surface area (Å²) in [6, 6.07) is 8.81. The first-order valence-electron chi connectivity index (χ1n) is 5.66. The van der Waals surface area contributed by atoms with Crippen LogP contribution < -0.4 is 0 Å². The lowest BCUT2D eigenvalue weighted by Crippen LogP contribution is -1.98. The van der Waals surface area contributed by atoms with Crippen LogP contribution in [0.1, 0.15) is 0 Å². The van der Waals surface area contributed by atoms with E-state index in [1.54, 1.807) is 47.5 Å². The quantitative estimate of drug-likeness (QED) is 0.530. The third kappa shape index (κ3) is 4.68. The van der Waals surface area contributed by atoms with Crippen LogP contribution in [0.5, 0.6) is 0 Å². The van der Waals surface area contributed by atoms with Gasteiger partial charge in [0, 0.05) is 18.6 Å². The molecule has 0 fully saturated rings. The van der Waals surface area contributed by atoms with E-state index < -0.39 is 0 Å². The number of halogens is 4. The molecule has 0 bridgehead atoms. The Morgan fingerprint density at radius 3 is 2.05 bits per heavy atom. The van der Waals surface area contributed by atoms with Crippen molar-refractivity contribution in [2.75, 3.05) is 0 Å². The number of hydrogen-bond donors (Lipinski definition) is 0. The van der Waals surface area contributed by atoms with E-state index in [0.29, 0.717) is 21.0 Å². The Labute approximate surface area is 144 Å². The zero-order chi connectivity index (χ0) is 15.2. The average molecular weight is 406 g/mol. The van der Waals surface area contributed by atoms with Gasteiger partial charge in [0.05, 0.1) is 10.0 Å². The molecular weight excluding hydrogens is 398 g/mol. The van der Waals surface area contributed by atoms with Crippen molar-refractivity contribution in [3.05, 3.63) is 68.7 Å². The highest BCUT2D eigenvalue weighted by molar-refractivity contribution is 9.10. The fourth-order valence-electron chi connectivity index (χ4n) is 1.33. The fourth-order valence-corrected chi connectivity index (χ4v) is 2.07. The number of nitrogens with zero attached hydrogens (tertiary/aromatic N) is 4. The van der Waals surface area contributed by atoms with Crippen molar-refractivity contribution in [1.82, 2.24) is 19.7 Å². The van der Waals surface area contributed by atoms with Gasteiger partial charge in [0.1, 0.15) is 9.76 Å². The predicted molar refractivity (Wildman–Crippen MR) is 88.3 cm³/mol. The molecule has 0 amide bonds. The highest BCUT2D eigenvalue weighted by Gasteiger charge is 2.03. The van der Waals surface area contributed by atoms with Gasteiger partial charge in [-0.3, -0.25) is 0 Å². The van der Waals surface area contributed by atoms with E-state index in [1.165, 1.54) is 0 Å². The standard InChI is InChI=1S/C8H5BrClN3.C5H3Cl2N/c9-7-3-5-13(12-7)8-6(10)2-1-4-11-8;6-4-2-1-3-8-5(4)7/h1-5H;1-3H. The average Bonchev–Trinajstić information content (AvgIpc) is 2.90. The highest BCUT2D eigenvalue weighted by Crippen LogP contribution is 2.17. The smallest absolute Gasteiger partial charge is 0.172 e. The van der Waals surface area contributed by atoms with Gasteiger partial charge in [-0.2, -0.15) is 5.10 Å². The minimum absolute atomic E-state index is 0.356. The van der Waals surface area contributed by atoms with Gasteiger partial charge in [0.15, 0.2) is 5.82 Å². The number of pyridine rings is 2. The van der Waals surface area contributed by atoms with Gasteiger partial charge in [0.2, 0.25) is 0 Å². The van der Waals surface area contributed by atoms with Gasteiger partial charge in [-0.1, -0.05) is 34.8 Å². The van der Waals surface area contributed by atoms with Crippen molar-refractivity contribution in [1.29, 1.82) is 0 Å². The molecular formula is C13H8BrCl3N4. The van der Waals surface area contributed by atoms with Crippen LogP contribution >= 0.6 is 50.7 Å². The third-order valence-corrected chi connectivity index (χ3v) is 3.65. The first-order chi connectivity index (χ1) is 10.1. The van der Waals surface area contributed by atoms with Gasteiger partial charge in [-0.05, 0) is 46.3 Å². The summed E-state index contributed by atoms with van der Waals surface area (Å²) in [7, 11) is 0. The predicted octanol–water partition coefficient (Wildman–Crippen LogP) is 5.07. The second kappa shape index (κ2) is 7.75. The van der Waals surface area contributed by atoms with Gasteiger partial charge in [-0.25, -0.2) is 14.6 Å². The molecule has 0 aliphatic carbocycles. The molecule has 0 unspecified atom stereocenters. The zero-order valence-corrected chi connectivity index (χ0v) is 14.3. The molecule has 3 aromatic rings. The summed E-state index contributed by atoms with van der Waals surface area (Å²) in [6.45, 7) is 0. The van der Waals surface area contributed by atoms with E-state index in [2.05, 4.69) is 31.0 Å². The molecule has 0 aliphatic heterocycles. The molecule has 0 saturated heterocycles. The molecule has 4 nitrogen and oxygen atoms in total. The van der Waals surface area contributed by atoms with Gasteiger partial charge in [-0.15, -0.1) is 0 Å². The highest BCUT2D eigenvalue weighted by atomic mass is 79.9. The number of rotatable bonds is 1. The van der Waals surface area contributed by atoms with Crippen LogP contribution in [0.3, 0.4) is 0 Å². The molecule has 21 heavy (non-hydrogen) atoms. The summed E-state index contributed by atoms with van der Waals surface area (Å²) >= 11 is 20.2. The van der Waals surface area contributed by atoms with E-state index in [4.69, 9.17) is 34.8 Å². The molecule has 0 saturated carbocycles. The Balaban J connectivity index is 0.000000173. The van der Waals surface area contributed by atoms with Gasteiger partial charge >= 0.3 is 0 Å². The minimum Gasteiger partial charge on any atom is -0.243 e. The van der Waals surface area contributed by atoms with Crippen molar-refractivity contribution in [3.8, 4) is 5.82 Å². The Morgan fingerprint density at radius 1 is 0.905 bits per heavy atom. The molecule has 3 aromatic heterocycles. The normalized spacial score (nSPS) is 9.90. The molecule has 0 aromatic carbocycles. The zero-order valence-electron chi connectivity index (χ0n) is 10.4. The first kappa shape index (κ1) is 16.2. The molecule has 0 atom stereocenters. The summed E-state index contributed by atoms with van der Waals surface area (Å²) in [5.41, 5.74) is 0. The lowest BCUT2D eigenvalue weighted by molar-refractivity contribution is 0.839. The summed E-state index contributed by atoms with van der Waals surface area (Å²) in [6.07, 6.45) is 5.06. The van der Waals surface area contributed by atoms with Gasteiger partial charge in [0.25, 0.3) is 0 Å². The van der Waals surface area contributed by atoms with Crippen LogP contribution in [0.2, 0.25) is 15.2 Å². The molecule has 0 radical (unpaired) electrons. The summed E-state index contributed by atoms with van der Waals surface area (Å²) < 4.78 is 2.38. The Hall–Kier alpha value is -1.14. The SMILES string of the molecule is Clc1cccnc1-n1ccc(Br)n1.Clc1cccnc1Cl. The maximum absolute atomic E-state index is 5.93. The maximum atomic E-state index is 5.93. The summed E-state index contributed by atoms with van der Waals surface area (Å²) in [4.78, 5) is 7.82. The van der Waals surface area contributed by atoms with E-state index >= 15 is 0 Å². The molecule has 3 rings (SSSR count). The van der Waals surface area contributed by atoms with Gasteiger partial charge < -0.3 is 0 Å². The lowest BCUT2D eigenvalue weighted by atomic mass is 10.4. The Morgan fingerprint density at radius 2 is 1.57 bits per heavy atom. The van der Waals surface area contributed by atoms with Crippen molar-refractivity contribution in [3.63, 3.8) is 0 Å². The summed E-state index contributed by atoms with van der Waals surface area (Å²) in [5.74, 6) is 0.634. The van der Waals surface area contributed by atoms with Crippen LogP contribution in [0.4, 0.5) is 0 Å². The molecule has 0 aliphatic rings. The van der Waals surface area contributed by atoms with Crippen molar-refractivity contribution in [2.24, 2.45) is 0 Å². The Kier molecular flexibility index (Phi) is 5.99. The van der Waals surface area contributed by atoms with E-state index in [-0.39, 0.29) is 0 Å². The fraction of sp³-hybridized carbons (Fsp3) is 0. The van der Waals surface area contributed by atoms with E-state index in [1.807, 2.05) is 6.07 Å². The molecule has 0 N–H and O–H groups in total. The lowest BCUT2D eigenvalue weighted by Gasteiger charge is -2.00. The van der Waals surface area contributed by atoms with Crippen LogP contribution in [0, 0.1) is 0 Å². The number of hydrogen-bond acceptors (Lipinski definition) is 3. The van der Waals surface area contributed by atoms with Crippen LogP contribution in [0.25, 0.3) is 5.82 Å². The van der Waals surface area contributed by atoms with Crippen molar-refractivity contribution in [2.45, 2.75) is 0 Å². The maximum Gasteiger partial charge on any atom is 0.172 e. The topological polar surface area (TPSA) is 43.6 Å². The number of aromatic nitrogens is 4. The molecule has 108 valence electrons. The Bertz CT molecular complexity index is 712. The van der Waals surface area contributed by atoms with E-state index in [9.17, 15) is 0 Å². The van der Waals surface area contributed by atoms with Crippen LogP contribution in [-0.2, 0) is 0 Å². The van der Waals surface area contributed by atoms with Crippen molar-refractivity contribution >= 4 is 50.7 Å². The van der Waals surface area contributed by atoms with Crippen LogP contribution in [0.15, 0.2) is 53.5 Å². The first-order valence-corrected chi connectivity index (χ1v) is 7.58. The second-order valence-electron chi connectivity index (χ2n) is 3.67. The van der Waals surface area contributed by atoms with Crippen LogP contribution in [-0.4, -0.2) is 19.7 Å². The minimum atomic E-state index is 0.356. The third-order valence-electron chi connectivity index (χ3n) is 2.23. The monoisotopic (exact) mass is 404 g/mol. The van der Waals surface area contributed by atoms with E-state index in [0.717, 1.165) is 4.60 Å².